The molecule has 9 heteroatoms. The Balaban J connectivity index is 1.61. The molecule has 0 aromatic heterocycles. The molecule has 306 valence electrons. The van der Waals surface area contributed by atoms with Crippen LogP contribution >= 0.6 is 0 Å². The molecule has 2 aliphatic carbocycles. The van der Waals surface area contributed by atoms with Crippen molar-refractivity contribution in [3.8, 4) is 17.2 Å². The predicted molar refractivity (Wildman–Crippen MR) is 226 cm³/mol. The van der Waals surface area contributed by atoms with Crippen LogP contribution in [0, 0.1) is 29.6 Å². The third kappa shape index (κ3) is 6.06. The molecule has 0 saturated heterocycles. The maximum atomic E-state index is 15.4. The van der Waals surface area contributed by atoms with Gasteiger partial charge >= 0.3 is 5.97 Å². The molecule has 7 atom stereocenters. The number of fused-ring (bicyclic) bond motifs is 7. The van der Waals surface area contributed by atoms with Crippen molar-refractivity contribution in [3.63, 3.8) is 0 Å². The van der Waals surface area contributed by atoms with Crippen LogP contribution in [0.15, 0.2) is 75.9 Å². The molecule has 0 spiro atoms. The number of ether oxygens (including phenoxy) is 3. The summed E-state index contributed by atoms with van der Waals surface area (Å²) in [4.78, 5) is 48.0. The molecule has 0 bridgehead atoms. The van der Waals surface area contributed by atoms with Gasteiger partial charge in [0, 0.05) is 52.0 Å². The number of aromatic hydroxyl groups is 1. The van der Waals surface area contributed by atoms with E-state index in [9.17, 15) is 19.8 Å². The van der Waals surface area contributed by atoms with Gasteiger partial charge in [-0.2, -0.15) is 0 Å². The zero-order valence-corrected chi connectivity index (χ0v) is 35.7. The molecule has 1 fully saturated rings. The standard InChI is InChI=1S/C49H57NO8/c1-25(2)15-14-22-47(10)23-21-33-42(52)37-40-38-35(36-39(50-40)31-16-12-13-17-32(31)41(36)51)29(8)45(53)48(55,24-20-28(7)46(54)56-11)49(38,30(9)27(5)6)58-44(37)34(43(33)57-47)19-18-26(3)4/h12-13,15-18,20-21,23,27,29-30,35-36,52,55H,14,19,22,24H2,1-11H3/b28-20-. The minimum atomic E-state index is -2.25. The Labute approximate surface area is 342 Å². The molecule has 5 aliphatic rings. The number of aliphatic imine (C=N–C) groups is 1. The summed E-state index contributed by atoms with van der Waals surface area (Å²) in [6.45, 7) is 19.5. The van der Waals surface area contributed by atoms with E-state index in [-0.39, 0.29) is 35.2 Å². The van der Waals surface area contributed by atoms with Gasteiger partial charge in [0.2, 0.25) is 0 Å². The van der Waals surface area contributed by atoms with E-state index >= 15 is 4.79 Å². The van der Waals surface area contributed by atoms with E-state index in [2.05, 4.69) is 26.0 Å². The zero-order valence-electron chi connectivity index (χ0n) is 35.7. The van der Waals surface area contributed by atoms with Crippen LogP contribution in [-0.4, -0.2) is 57.4 Å². The summed E-state index contributed by atoms with van der Waals surface area (Å²) in [7, 11) is 1.28. The van der Waals surface area contributed by atoms with Gasteiger partial charge in [-0.3, -0.25) is 14.6 Å². The molecule has 3 aliphatic heterocycles. The number of allylic oxidation sites excluding steroid dienone is 4. The summed E-state index contributed by atoms with van der Waals surface area (Å²) in [6.07, 6.45) is 11.2. The third-order valence-electron chi connectivity index (χ3n) is 13.3. The maximum Gasteiger partial charge on any atom is 0.333 e. The number of phenols is 1. The Morgan fingerprint density at radius 1 is 0.983 bits per heavy atom. The van der Waals surface area contributed by atoms with Crippen molar-refractivity contribution in [2.75, 3.05) is 7.11 Å². The van der Waals surface area contributed by atoms with Crippen LogP contribution in [0.25, 0.3) is 11.8 Å². The molecule has 0 amide bonds. The number of nitrogens with zero attached hydrogens (tertiary/aromatic N) is 1. The molecule has 7 unspecified atom stereocenters. The summed E-state index contributed by atoms with van der Waals surface area (Å²) in [5.74, 6) is -3.73. The summed E-state index contributed by atoms with van der Waals surface area (Å²) >= 11 is 0. The number of carbonyl (C=O) groups is 3. The fourth-order valence-electron chi connectivity index (χ4n) is 9.90. The molecule has 58 heavy (non-hydrogen) atoms. The van der Waals surface area contributed by atoms with Gasteiger partial charge in [-0.1, -0.05) is 81.3 Å². The van der Waals surface area contributed by atoms with E-state index in [0.717, 1.165) is 12.0 Å². The lowest BCUT2D eigenvalue weighted by Crippen LogP contribution is -2.74. The van der Waals surface area contributed by atoms with Crippen LogP contribution in [0.3, 0.4) is 0 Å². The van der Waals surface area contributed by atoms with Crippen molar-refractivity contribution >= 4 is 35.0 Å². The van der Waals surface area contributed by atoms with Crippen LogP contribution in [-0.2, 0) is 20.7 Å². The second-order valence-electron chi connectivity index (χ2n) is 18.0. The van der Waals surface area contributed by atoms with Gasteiger partial charge in [-0.05, 0) is 78.9 Å². The van der Waals surface area contributed by atoms with Gasteiger partial charge in [-0.25, -0.2) is 4.79 Å². The number of esters is 1. The van der Waals surface area contributed by atoms with E-state index in [1.807, 2.05) is 71.9 Å². The van der Waals surface area contributed by atoms with Gasteiger partial charge in [0.15, 0.2) is 22.8 Å². The molecule has 7 rings (SSSR count). The molecule has 9 nitrogen and oxygen atoms in total. The number of methoxy groups -OCH3 is 1. The first-order valence-corrected chi connectivity index (χ1v) is 20.6. The summed E-state index contributed by atoms with van der Waals surface area (Å²) in [5, 5.41) is 26.2. The number of carbonyl (C=O) groups excluding carboxylic acids is 3. The molecular formula is C49H57NO8. The van der Waals surface area contributed by atoms with Crippen LogP contribution in [0.4, 0.5) is 0 Å². The third-order valence-corrected chi connectivity index (χ3v) is 13.3. The van der Waals surface area contributed by atoms with E-state index in [4.69, 9.17) is 19.2 Å². The van der Waals surface area contributed by atoms with Crippen molar-refractivity contribution in [1.29, 1.82) is 0 Å². The Kier molecular flexibility index (Phi) is 10.4. The molecule has 0 radical (unpaired) electrons. The molecule has 2 aromatic rings. The van der Waals surface area contributed by atoms with Gasteiger partial charge < -0.3 is 24.4 Å². The Morgan fingerprint density at radius 2 is 1.66 bits per heavy atom. The normalized spacial score (nSPS) is 28.3. The van der Waals surface area contributed by atoms with Gasteiger partial charge in [0.25, 0.3) is 0 Å². The first kappa shape index (κ1) is 41.2. The molecule has 3 heterocycles. The molecule has 1 saturated carbocycles. The number of ketones is 2. The molecular weight excluding hydrogens is 731 g/mol. The van der Waals surface area contributed by atoms with Crippen molar-refractivity contribution in [2.24, 2.45) is 34.6 Å². The second kappa shape index (κ2) is 14.7. The lowest BCUT2D eigenvalue weighted by Gasteiger charge is -2.61. The number of phenolic OH excluding ortho intramolecular Hbond substituents is 1. The first-order chi connectivity index (χ1) is 27.3. The van der Waals surface area contributed by atoms with Crippen molar-refractivity contribution in [3.05, 3.63) is 98.7 Å². The fourth-order valence-corrected chi connectivity index (χ4v) is 9.90. The lowest BCUT2D eigenvalue weighted by atomic mass is 9.49. The molecule has 2 N–H and O–H groups in total. The van der Waals surface area contributed by atoms with Crippen molar-refractivity contribution in [1.82, 2.24) is 0 Å². The zero-order chi connectivity index (χ0) is 42.2. The fraction of sp³-hybridized carbons (Fsp3) is 0.469. The number of benzene rings is 2. The van der Waals surface area contributed by atoms with Gasteiger partial charge in [-0.15, -0.1) is 0 Å². The number of hydrogen-bond donors (Lipinski definition) is 2. The first-order valence-electron chi connectivity index (χ1n) is 20.6. The largest absolute Gasteiger partial charge is 0.506 e. The van der Waals surface area contributed by atoms with Crippen LogP contribution in [0.2, 0.25) is 0 Å². The Morgan fingerprint density at radius 3 is 2.29 bits per heavy atom. The average Bonchev–Trinajstić information content (AvgIpc) is 3.46. The van der Waals surface area contributed by atoms with E-state index in [1.54, 1.807) is 26.0 Å². The van der Waals surface area contributed by atoms with Gasteiger partial charge in [0.05, 0.1) is 35.6 Å². The minimum absolute atomic E-state index is 0.0875. The number of rotatable bonds is 10. The summed E-state index contributed by atoms with van der Waals surface area (Å²) in [5.41, 5.74) is 1.88. The molecule has 2 aromatic carbocycles. The SMILES string of the molecule is COC(=O)/C(C)=C\CC1(O)C(=O)C(C)C2C3=C(N=C4c5ccccc5C(=O)C42)c2c(O)c4c(c(CC=C(C)C)c2OC31C(C)C(C)C)OC(C)(CCC=C(C)C)C=C4. The smallest absolute Gasteiger partial charge is 0.333 e. The minimum Gasteiger partial charge on any atom is -0.506 e. The number of Topliss-reactive ketones (excluding diaryl/α,β-unsaturated/α-hetero) is 2. The second-order valence-corrected chi connectivity index (χ2v) is 18.0. The Bertz CT molecular complexity index is 2310. The van der Waals surface area contributed by atoms with Crippen LogP contribution < -0.4 is 9.47 Å². The van der Waals surface area contributed by atoms with E-state index in [0.29, 0.717) is 63.4 Å². The van der Waals surface area contributed by atoms with Crippen LogP contribution in [0.5, 0.6) is 17.2 Å². The lowest BCUT2D eigenvalue weighted by molar-refractivity contribution is -0.189. The average molecular weight is 788 g/mol. The maximum absolute atomic E-state index is 15.4. The number of hydrogen-bond acceptors (Lipinski definition) is 9. The van der Waals surface area contributed by atoms with Gasteiger partial charge in [0.1, 0.15) is 22.8 Å². The van der Waals surface area contributed by atoms with E-state index in [1.165, 1.54) is 12.7 Å². The van der Waals surface area contributed by atoms with E-state index < -0.39 is 52.2 Å². The summed E-state index contributed by atoms with van der Waals surface area (Å²) < 4.78 is 19.5. The monoisotopic (exact) mass is 787 g/mol. The highest BCUT2D eigenvalue weighted by Crippen LogP contribution is 2.66. The Hall–Kier alpha value is -5.02. The van der Waals surface area contributed by atoms with Crippen molar-refractivity contribution < 1.29 is 38.8 Å². The predicted octanol–water partition coefficient (Wildman–Crippen LogP) is 9.34. The van der Waals surface area contributed by atoms with Crippen molar-refractivity contribution in [2.45, 2.75) is 112 Å². The van der Waals surface area contributed by atoms with Crippen LogP contribution in [0.1, 0.15) is 121 Å². The highest BCUT2D eigenvalue weighted by Gasteiger charge is 2.73. The highest BCUT2D eigenvalue weighted by atomic mass is 16.5. The highest BCUT2D eigenvalue weighted by molar-refractivity contribution is 6.30. The quantitative estimate of drug-likeness (QED) is 0.138. The number of aliphatic hydroxyl groups is 1. The topological polar surface area (TPSA) is 132 Å². The summed E-state index contributed by atoms with van der Waals surface area (Å²) in [6, 6.07) is 7.37.